The number of methoxy groups -OCH3 is 1. The maximum absolute atomic E-state index is 13.5. The van der Waals surface area contributed by atoms with Gasteiger partial charge >= 0.3 is 0 Å². The van der Waals surface area contributed by atoms with Gasteiger partial charge in [0.15, 0.2) is 0 Å². The molecule has 1 unspecified atom stereocenters. The summed E-state index contributed by atoms with van der Waals surface area (Å²) in [6.07, 6.45) is 7.48. The predicted octanol–water partition coefficient (Wildman–Crippen LogP) is 4.50. The van der Waals surface area contributed by atoms with Crippen LogP contribution < -0.4 is 0 Å². The molecule has 25 heavy (non-hydrogen) atoms. The van der Waals surface area contributed by atoms with E-state index in [9.17, 15) is 8.42 Å². The predicted molar refractivity (Wildman–Crippen MR) is 102 cm³/mol. The van der Waals surface area contributed by atoms with Crippen LogP contribution in [0.25, 0.3) is 10.9 Å². The zero-order valence-electron chi connectivity index (χ0n) is 15.4. The number of hydrogen-bond donors (Lipinski definition) is 0. The molecule has 1 aromatic heterocycles. The molecule has 0 saturated heterocycles. The average molecular weight is 359 g/mol. The van der Waals surface area contributed by atoms with Gasteiger partial charge in [-0.2, -0.15) is 0 Å². The molecule has 0 fully saturated rings. The van der Waals surface area contributed by atoms with Gasteiger partial charge in [-0.05, 0) is 55.5 Å². The van der Waals surface area contributed by atoms with Crippen molar-refractivity contribution < 1.29 is 13.2 Å². The Bertz CT molecular complexity index is 980. The van der Waals surface area contributed by atoms with E-state index in [0.29, 0.717) is 18.1 Å². The first-order valence-electron chi connectivity index (χ1n) is 8.50. The highest BCUT2D eigenvalue weighted by Crippen LogP contribution is 2.36. The monoisotopic (exact) mass is 359 g/mol. The summed E-state index contributed by atoms with van der Waals surface area (Å²) in [6.45, 7) is 7.95. The lowest BCUT2D eigenvalue weighted by molar-refractivity contribution is 0.301. The zero-order valence-corrected chi connectivity index (χ0v) is 16.2. The van der Waals surface area contributed by atoms with Crippen molar-refractivity contribution in [2.24, 2.45) is 0 Å². The third-order valence-electron chi connectivity index (χ3n) is 5.01. The molecule has 2 aromatic rings. The fraction of sp³-hybridized carbons (Fsp3) is 0.400. The topological polar surface area (TPSA) is 48.3 Å². The maximum atomic E-state index is 13.5. The van der Waals surface area contributed by atoms with Crippen molar-refractivity contribution in [1.29, 1.82) is 0 Å². The summed E-state index contributed by atoms with van der Waals surface area (Å²) in [5.41, 5.74) is 2.89. The second kappa shape index (κ2) is 6.06. The highest BCUT2D eigenvalue weighted by atomic mass is 32.2. The van der Waals surface area contributed by atoms with E-state index in [0.717, 1.165) is 22.0 Å². The SMILES string of the molecule is COC1=CC(C)(S(=O)(=O)n2ccc3c(C(C)C)ccc(C)c32)CC=C1. The molecule has 3 rings (SSSR count). The molecule has 0 N–H and O–H groups in total. The molecule has 1 aliphatic carbocycles. The van der Waals surface area contributed by atoms with Gasteiger partial charge in [-0.15, -0.1) is 0 Å². The summed E-state index contributed by atoms with van der Waals surface area (Å²) in [5.74, 6) is 0.906. The minimum absolute atomic E-state index is 0.329. The maximum Gasteiger partial charge on any atom is 0.248 e. The van der Waals surface area contributed by atoms with Crippen LogP contribution in [-0.2, 0) is 14.8 Å². The van der Waals surface area contributed by atoms with Gasteiger partial charge in [-0.1, -0.05) is 32.1 Å². The number of aryl methyl sites for hydroxylation is 1. The number of aromatic nitrogens is 1. The molecule has 0 aliphatic heterocycles. The summed E-state index contributed by atoms with van der Waals surface area (Å²) < 4.78 is 32.7. The van der Waals surface area contributed by atoms with E-state index >= 15 is 0 Å². The van der Waals surface area contributed by atoms with Crippen LogP contribution in [0.3, 0.4) is 0 Å². The van der Waals surface area contributed by atoms with Crippen LogP contribution in [-0.4, -0.2) is 24.2 Å². The van der Waals surface area contributed by atoms with Gasteiger partial charge in [-0.3, -0.25) is 0 Å². The minimum Gasteiger partial charge on any atom is -0.497 e. The second-order valence-corrected chi connectivity index (χ2v) is 9.45. The van der Waals surface area contributed by atoms with Gasteiger partial charge in [0.2, 0.25) is 10.0 Å². The molecule has 1 aliphatic rings. The average Bonchev–Trinajstić information content (AvgIpc) is 3.01. The molecule has 5 heteroatoms. The Morgan fingerprint density at radius 3 is 2.60 bits per heavy atom. The van der Waals surface area contributed by atoms with Gasteiger partial charge < -0.3 is 4.74 Å². The molecular weight excluding hydrogens is 334 g/mol. The molecule has 0 saturated carbocycles. The van der Waals surface area contributed by atoms with E-state index in [1.165, 1.54) is 3.97 Å². The molecule has 0 spiro atoms. The Morgan fingerprint density at radius 2 is 1.96 bits per heavy atom. The lowest BCUT2D eigenvalue weighted by atomic mass is 9.97. The van der Waals surface area contributed by atoms with Gasteiger partial charge in [0.1, 0.15) is 10.5 Å². The zero-order chi connectivity index (χ0) is 18.4. The first-order chi connectivity index (χ1) is 11.7. The Morgan fingerprint density at radius 1 is 1.24 bits per heavy atom. The van der Waals surface area contributed by atoms with Crippen LogP contribution in [0, 0.1) is 6.92 Å². The standard InChI is InChI=1S/C20H25NO3S/c1-14(2)17-9-8-15(3)19-18(17)10-12-21(19)25(22,23)20(4)11-6-7-16(13-20)24-5/h6-10,12-14H,11H2,1-5H3. The van der Waals surface area contributed by atoms with Crippen LogP contribution >= 0.6 is 0 Å². The number of ether oxygens (including phenoxy) is 1. The van der Waals surface area contributed by atoms with Crippen LogP contribution in [0.4, 0.5) is 0 Å². The van der Waals surface area contributed by atoms with E-state index in [4.69, 9.17) is 4.74 Å². The summed E-state index contributed by atoms with van der Waals surface area (Å²) in [7, 11) is -2.09. The molecule has 0 amide bonds. The first kappa shape index (κ1) is 17.8. The van der Waals surface area contributed by atoms with Gasteiger partial charge in [0.05, 0.1) is 12.6 Å². The van der Waals surface area contributed by atoms with Crippen molar-refractivity contribution in [3.05, 3.63) is 59.5 Å². The molecule has 134 valence electrons. The van der Waals surface area contributed by atoms with Crippen LogP contribution in [0.1, 0.15) is 44.2 Å². The van der Waals surface area contributed by atoms with E-state index in [-0.39, 0.29) is 0 Å². The number of allylic oxidation sites excluding steroid dienone is 2. The van der Waals surface area contributed by atoms with Crippen molar-refractivity contribution in [2.75, 3.05) is 7.11 Å². The minimum atomic E-state index is -3.64. The summed E-state index contributed by atoms with van der Waals surface area (Å²) in [6, 6.07) is 6.01. The lowest BCUT2D eigenvalue weighted by Gasteiger charge is -2.28. The van der Waals surface area contributed by atoms with Crippen LogP contribution in [0.2, 0.25) is 0 Å². The van der Waals surface area contributed by atoms with E-state index in [1.54, 1.807) is 26.3 Å². The van der Waals surface area contributed by atoms with Crippen molar-refractivity contribution in [1.82, 2.24) is 3.97 Å². The van der Waals surface area contributed by atoms with Crippen LogP contribution in [0.5, 0.6) is 0 Å². The third-order valence-corrected chi connectivity index (χ3v) is 7.29. The van der Waals surface area contributed by atoms with Gasteiger partial charge in [0, 0.05) is 11.6 Å². The molecule has 1 atom stereocenters. The highest BCUT2D eigenvalue weighted by Gasteiger charge is 2.40. The largest absolute Gasteiger partial charge is 0.497 e. The van der Waals surface area contributed by atoms with Crippen molar-refractivity contribution in [2.45, 2.75) is 44.8 Å². The molecule has 4 nitrogen and oxygen atoms in total. The molecule has 1 aromatic carbocycles. The summed E-state index contributed by atoms with van der Waals surface area (Å²) in [5, 5.41) is 1.00. The molecular formula is C20H25NO3S. The van der Waals surface area contributed by atoms with Crippen molar-refractivity contribution >= 4 is 20.9 Å². The fourth-order valence-corrected chi connectivity index (χ4v) is 5.19. The number of fused-ring (bicyclic) bond motifs is 1. The smallest absolute Gasteiger partial charge is 0.248 e. The number of benzene rings is 1. The quantitative estimate of drug-likeness (QED) is 0.807. The molecule has 0 radical (unpaired) electrons. The number of hydrogen-bond acceptors (Lipinski definition) is 3. The number of rotatable bonds is 4. The summed E-state index contributed by atoms with van der Waals surface area (Å²) in [4.78, 5) is 0. The first-order valence-corrected chi connectivity index (χ1v) is 9.94. The molecule has 1 heterocycles. The normalized spacial score (nSPS) is 21.0. The Hall–Kier alpha value is -2.01. The van der Waals surface area contributed by atoms with Gasteiger partial charge in [-0.25, -0.2) is 12.4 Å². The summed E-state index contributed by atoms with van der Waals surface area (Å²) >= 11 is 0. The highest BCUT2D eigenvalue weighted by molar-refractivity contribution is 7.91. The Labute approximate surface area is 149 Å². The molecule has 0 bridgehead atoms. The van der Waals surface area contributed by atoms with E-state index in [2.05, 4.69) is 19.9 Å². The van der Waals surface area contributed by atoms with Crippen LogP contribution in [0.15, 0.2) is 48.4 Å². The van der Waals surface area contributed by atoms with Gasteiger partial charge in [0.25, 0.3) is 0 Å². The van der Waals surface area contributed by atoms with Crippen molar-refractivity contribution in [3.63, 3.8) is 0 Å². The fourth-order valence-electron chi connectivity index (χ4n) is 3.47. The Kier molecular flexibility index (Phi) is 4.31. The second-order valence-electron chi connectivity index (χ2n) is 7.18. The van der Waals surface area contributed by atoms with Crippen molar-refractivity contribution in [3.8, 4) is 0 Å². The van der Waals surface area contributed by atoms with E-state index < -0.39 is 14.8 Å². The Balaban J connectivity index is 2.24. The third kappa shape index (κ3) is 2.71. The van der Waals surface area contributed by atoms with E-state index in [1.807, 2.05) is 31.2 Å². The lowest BCUT2D eigenvalue weighted by Crippen LogP contribution is -2.38. The number of nitrogens with zero attached hydrogens (tertiary/aromatic N) is 1.